The van der Waals surface area contributed by atoms with Crippen LogP contribution in [0.4, 0.5) is 5.69 Å². The molecule has 0 atom stereocenters. The number of hydrogen-bond donors (Lipinski definition) is 1. The Balaban J connectivity index is 0.000000810. The van der Waals surface area contributed by atoms with Gasteiger partial charge in [0, 0.05) is 5.69 Å². The predicted octanol–water partition coefficient (Wildman–Crippen LogP) is 2.82. The van der Waals surface area contributed by atoms with E-state index in [9.17, 15) is 0 Å². The molecular weight excluding hydrogens is 190 g/mol. The van der Waals surface area contributed by atoms with Crippen molar-refractivity contribution in [1.29, 1.82) is 0 Å². The summed E-state index contributed by atoms with van der Waals surface area (Å²) in [4.78, 5) is 0. The van der Waals surface area contributed by atoms with Crippen molar-refractivity contribution >= 4 is 22.7 Å². The van der Waals surface area contributed by atoms with Gasteiger partial charge in [-0.25, -0.2) is 0 Å². The highest BCUT2D eigenvalue weighted by atomic mass is 79.9. The van der Waals surface area contributed by atoms with E-state index in [4.69, 9.17) is 0 Å². The molecule has 0 aliphatic heterocycles. The Morgan fingerprint density at radius 3 is 2.30 bits per heavy atom. The van der Waals surface area contributed by atoms with Crippen molar-refractivity contribution < 1.29 is 0 Å². The van der Waals surface area contributed by atoms with Crippen molar-refractivity contribution in [3.8, 4) is 0 Å². The largest absolute Gasteiger partial charge is 0.362 e. The number of benzene rings is 1. The fourth-order valence-electron chi connectivity index (χ4n) is 0.652. The summed E-state index contributed by atoms with van der Waals surface area (Å²) in [7, 11) is 0. The van der Waals surface area contributed by atoms with Crippen LogP contribution in [0.5, 0.6) is 0 Å². The molecule has 1 N–H and O–H groups in total. The first-order valence-electron chi connectivity index (χ1n) is 2.86. The Morgan fingerprint density at radius 2 is 1.80 bits per heavy atom. The lowest BCUT2D eigenvalue weighted by atomic mass is 10.3. The van der Waals surface area contributed by atoms with Crippen LogP contribution in [0.15, 0.2) is 43.1 Å². The van der Waals surface area contributed by atoms with E-state index in [1.165, 1.54) is 0 Å². The summed E-state index contributed by atoms with van der Waals surface area (Å²) in [6.07, 6.45) is 1.66. The maximum Gasteiger partial charge on any atom is 0.0379 e. The number of anilines is 1. The van der Waals surface area contributed by atoms with Crippen molar-refractivity contribution in [2.75, 3.05) is 5.32 Å². The second-order valence-corrected chi connectivity index (χ2v) is 1.71. The topological polar surface area (TPSA) is 12.0 Å². The average molecular weight is 200 g/mol. The second kappa shape index (κ2) is 5.06. The van der Waals surface area contributed by atoms with Crippen molar-refractivity contribution in [2.24, 2.45) is 0 Å². The van der Waals surface area contributed by atoms with Gasteiger partial charge in [-0.15, -0.1) is 17.0 Å². The third kappa shape index (κ3) is 2.69. The highest BCUT2D eigenvalue weighted by Gasteiger charge is 1.79. The summed E-state index contributed by atoms with van der Waals surface area (Å²) in [5, 5.41) is 2.97. The van der Waals surface area contributed by atoms with Crippen LogP contribution >= 0.6 is 17.0 Å². The van der Waals surface area contributed by atoms with E-state index in [0.717, 1.165) is 5.69 Å². The van der Waals surface area contributed by atoms with Gasteiger partial charge in [-0.1, -0.05) is 24.8 Å². The molecule has 1 nitrogen and oxygen atoms in total. The molecule has 0 aromatic heterocycles. The van der Waals surface area contributed by atoms with E-state index in [1.54, 1.807) is 6.20 Å². The molecule has 0 spiro atoms. The van der Waals surface area contributed by atoms with E-state index in [0.29, 0.717) is 0 Å². The Morgan fingerprint density at radius 1 is 1.20 bits per heavy atom. The number of halogens is 1. The van der Waals surface area contributed by atoms with Crippen molar-refractivity contribution in [3.05, 3.63) is 43.1 Å². The molecule has 10 heavy (non-hydrogen) atoms. The fraction of sp³-hybridized carbons (Fsp3) is 0. The minimum atomic E-state index is 0. The van der Waals surface area contributed by atoms with Gasteiger partial charge in [-0.05, 0) is 18.3 Å². The zero-order chi connectivity index (χ0) is 6.53. The van der Waals surface area contributed by atoms with Crippen LogP contribution in [0.1, 0.15) is 0 Å². The molecule has 0 aliphatic carbocycles. The third-order valence-corrected chi connectivity index (χ3v) is 1.04. The lowest BCUT2D eigenvalue weighted by molar-refractivity contribution is 1.60. The Labute approximate surface area is 71.5 Å². The average Bonchev–Trinajstić information content (AvgIpc) is 1.91. The van der Waals surface area contributed by atoms with Crippen molar-refractivity contribution in [2.45, 2.75) is 0 Å². The Kier molecular flexibility index (Phi) is 4.67. The molecule has 1 rings (SSSR count). The maximum absolute atomic E-state index is 3.54. The zero-order valence-corrected chi connectivity index (χ0v) is 7.29. The van der Waals surface area contributed by atoms with Crippen LogP contribution in [0.25, 0.3) is 0 Å². The highest BCUT2D eigenvalue weighted by Crippen LogP contribution is 2.03. The summed E-state index contributed by atoms with van der Waals surface area (Å²) in [5.41, 5.74) is 1.08. The highest BCUT2D eigenvalue weighted by molar-refractivity contribution is 8.93. The monoisotopic (exact) mass is 199 g/mol. The van der Waals surface area contributed by atoms with Gasteiger partial charge in [0.15, 0.2) is 0 Å². The van der Waals surface area contributed by atoms with E-state index in [1.807, 2.05) is 30.3 Å². The van der Waals surface area contributed by atoms with Crippen LogP contribution in [-0.2, 0) is 0 Å². The Hall–Kier alpha value is -0.760. The number of nitrogens with one attached hydrogen (secondary N) is 1. The van der Waals surface area contributed by atoms with Gasteiger partial charge in [0.1, 0.15) is 0 Å². The standard InChI is InChI=1S/C8H9N.BrH/c1-2-9-8-6-4-3-5-7-8;/h2-7,9H,1H2;1H. The lowest BCUT2D eigenvalue weighted by Crippen LogP contribution is -1.82. The molecule has 54 valence electrons. The van der Waals surface area contributed by atoms with E-state index in [2.05, 4.69) is 11.9 Å². The van der Waals surface area contributed by atoms with Gasteiger partial charge in [-0.2, -0.15) is 0 Å². The quantitative estimate of drug-likeness (QED) is 0.773. The van der Waals surface area contributed by atoms with Crippen LogP contribution in [0, 0.1) is 0 Å². The molecule has 0 unspecified atom stereocenters. The van der Waals surface area contributed by atoms with Gasteiger partial charge in [0.25, 0.3) is 0 Å². The van der Waals surface area contributed by atoms with Crippen LogP contribution in [-0.4, -0.2) is 0 Å². The lowest BCUT2D eigenvalue weighted by Gasteiger charge is -1.95. The molecule has 2 heteroatoms. The summed E-state index contributed by atoms with van der Waals surface area (Å²) in [5.74, 6) is 0. The summed E-state index contributed by atoms with van der Waals surface area (Å²) in [6, 6.07) is 9.91. The first kappa shape index (κ1) is 9.24. The Bertz CT molecular complexity index is 184. The number of hydrogen-bond acceptors (Lipinski definition) is 1. The minimum Gasteiger partial charge on any atom is -0.362 e. The number of rotatable bonds is 2. The maximum atomic E-state index is 3.54. The number of para-hydroxylation sites is 1. The van der Waals surface area contributed by atoms with Gasteiger partial charge in [0.05, 0.1) is 0 Å². The van der Waals surface area contributed by atoms with E-state index in [-0.39, 0.29) is 17.0 Å². The summed E-state index contributed by atoms with van der Waals surface area (Å²) >= 11 is 0. The van der Waals surface area contributed by atoms with Gasteiger partial charge < -0.3 is 5.32 Å². The SMILES string of the molecule is Br.C=CNc1ccccc1. The van der Waals surface area contributed by atoms with Crippen molar-refractivity contribution in [3.63, 3.8) is 0 Å². The molecule has 0 saturated carbocycles. The molecule has 0 radical (unpaired) electrons. The molecular formula is C8H10BrN. The molecule has 1 aromatic carbocycles. The summed E-state index contributed by atoms with van der Waals surface area (Å²) < 4.78 is 0. The first-order valence-corrected chi connectivity index (χ1v) is 2.86. The minimum absolute atomic E-state index is 0. The first-order chi connectivity index (χ1) is 4.43. The van der Waals surface area contributed by atoms with Gasteiger partial charge in [-0.3, -0.25) is 0 Å². The predicted molar refractivity (Wildman–Crippen MR) is 50.6 cm³/mol. The van der Waals surface area contributed by atoms with E-state index < -0.39 is 0 Å². The van der Waals surface area contributed by atoms with Gasteiger partial charge in [0.2, 0.25) is 0 Å². The van der Waals surface area contributed by atoms with Crippen LogP contribution < -0.4 is 5.32 Å². The molecule has 0 aliphatic rings. The molecule has 1 aromatic rings. The van der Waals surface area contributed by atoms with E-state index >= 15 is 0 Å². The zero-order valence-electron chi connectivity index (χ0n) is 5.58. The van der Waals surface area contributed by atoms with Crippen molar-refractivity contribution in [1.82, 2.24) is 0 Å². The van der Waals surface area contributed by atoms with Crippen LogP contribution in [0.2, 0.25) is 0 Å². The smallest absolute Gasteiger partial charge is 0.0379 e. The molecule has 0 fully saturated rings. The second-order valence-electron chi connectivity index (χ2n) is 1.71. The fourth-order valence-corrected chi connectivity index (χ4v) is 0.652. The molecule has 0 saturated heterocycles. The molecule has 0 bridgehead atoms. The van der Waals surface area contributed by atoms with Gasteiger partial charge >= 0.3 is 0 Å². The summed E-state index contributed by atoms with van der Waals surface area (Å²) in [6.45, 7) is 3.54. The molecule has 0 heterocycles. The van der Waals surface area contributed by atoms with Crippen LogP contribution in [0.3, 0.4) is 0 Å². The normalized spacial score (nSPS) is 7.60. The molecule has 0 amide bonds. The third-order valence-electron chi connectivity index (χ3n) is 1.04.